The molecule has 2 atom stereocenters. The Labute approximate surface area is 125 Å². The Bertz CT molecular complexity index is 449. The molecule has 20 heavy (non-hydrogen) atoms. The molecule has 2 heterocycles. The number of nitrogens with zero attached hydrogens (tertiary/aromatic N) is 2. The normalized spacial score (nSPS) is 21.4. The van der Waals surface area contributed by atoms with Crippen molar-refractivity contribution in [2.75, 3.05) is 19.6 Å². The summed E-state index contributed by atoms with van der Waals surface area (Å²) < 4.78 is 0. The van der Waals surface area contributed by atoms with Gasteiger partial charge in [-0.25, -0.2) is 4.98 Å². The van der Waals surface area contributed by atoms with E-state index in [2.05, 4.69) is 22.1 Å². The summed E-state index contributed by atoms with van der Waals surface area (Å²) in [6, 6.07) is 3.46. The molecule has 1 aromatic heterocycles. The fourth-order valence-corrected chi connectivity index (χ4v) is 2.81. The number of piperidine rings is 1. The first-order valence-electron chi connectivity index (χ1n) is 7.19. The molecular formula is C15H22ClN3O. The van der Waals surface area contributed by atoms with E-state index in [0.717, 1.165) is 25.6 Å². The Morgan fingerprint density at radius 1 is 1.60 bits per heavy atom. The average molecular weight is 296 g/mol. The number of halogens is 1. The van der Waals surface area contributed by atoms with Crippen molar-refractivity contribution in [2.24, 2.45) is 5.92 Å². The molecule has 0 radical (unpaired) electrons. The van der Waals surface area contributed by atoms with Crippen molar-refractivity contribution >= 4 is 17.5 Å². The largest absolute Gasteiger partial charge is 0.348 e. The summed E-state index contributed by atoms with van der Waals surface area (Å²) in [5.74, 6) is 0.666. The highest BCUT2D eigenvalue weighted by Gasteiger charge is 2.19. The minimum Gasteiger partial charge on any atom is -0.348 e. The zero-order valence-electron chi connectivity index (χ0n) is 12.1. The zero-order valence-corrected chi connectivity index (χ0v) is 12.9. The van der Waals surface area contributed by atoms with E-state index in [9.17, 15) is 4.79 Å². The van der Waals surface area contributed by atoms with Crippen LogP contribution in [0.4, 0.5) is 0 Å². The van der Waals surface area contributed by atoms with Gasteiger partial charge in [-0.15, -0.1) is 0 Å². The van der Waals surface area contributed by atoms with Crippen LogP contribution in [0.3, 0.4) is 0 Å². The van der Waals surface area contributed by atoms with Gasteiger partial charge < -0.3 is 10.2 Å². The first-order valence-corrected chi connectivity index (χ1v) is 7.57. The van der Waals surface area contributed by atoms with Gasteiger partial charge in [0.1, 0.15) is 5.15 Å². The molecular weight excluding hydrogens is 274 g/mol. The Kier molecular flexibility index (Phi) is 5.38. The molecule has 1 fully saturated rings. The molecule has 0 aliphatic carbocycles. The molecule has 1 N–H and O–H groups in total. The number of likely N-dealkylation sites (tertiary alicyclic amines) is 1. The lowest BCUT2D eigenvalue weighted by Crippen LogP contribution is -2.45. The molecule has 0 aromatic carbocycles. The highest BCUT2D eigenvalue weighted by atomic mass is 35.5. The number of nitrogens with one attached hydrogen (secondary N) is 1. The summed E-state index contributed by atoms with van der Waals surface area (Å²) in [6.45, 7) is 7.49. The highest BCUT2D eigenvalue weighted by molar-refractivity contribution is 6.29. The van der Waals surface area contributed by atoms with Crippen molar-refractivity contribution in [2.45, 2.75) is 32.7 Å². The maximum atomic E-state index is 12.1. The van der Waals surface area contributed by atoms with Gasteiger partial charge in [-0.2, -0.15) is 0 Å². The van der Waals surface area contributed by atoms with Gasteiger partial charge in [0, 0.05) is 25.3 Å². The lowest BCUT2D eigenvalue weighted by atomic mass is 10.00. The van der Waals surface area contributed by atoms with Crippen molar-refractivity contribution in [3.05, 3.63) is 29.0 Å². The van der Waals surface area contributed by atoms with E-state index in [1.54, 1.807) is 12.1 Å². The lowest BCUT2D eigenvalue weighted by Gasteiger charge is -2.32. The smallest absolute Gasteiger partial charge is 0.253 e. The maximum Gasteiger partial charge on any atom is 0.253 e. The summed E-state index contributed by atoms with van der Waals surface area (Å²) in [6.07, 6.45) is 4.07. The summed E-state index contributed by atoms with van der Waals surface area (Å²) in [5, 5.41) is 3.41. The third-order valence-corrected chi connectivity index (χ3v) is 3.86. The minimum absolute atomic E-state index is 0.0910. The molecule has 1 aliphatic rings. The Hall–Kier alpha value is -1.13. The van der Waals surface area contributed by atoms with Gasteiger partial charge in [-0.3, -0.25) is 4.79 Å². The lowest BCUT2D eigenvalue weighted by molar-refractivity contribution is 0.0919. The molecule has 1 aliphatic heterocycles. The number of amides is 1. The molecule has 1 amide bonds. The number of pyridine rings is 1. The average Bonchev–Trinajstić information content (AvgIpc) is 2.39. The van der Waals surface area contributed by atoms with E-state index in [4.69, 9.17) is 11.6 Å². The highest BCUT2D eigenvalue weighted by Crippen LogP contribution is 2.15. The van der Waals surface area contributed by atoms with E-state index in [1.165, 1.54) is 19.0 Å². The van der Waals surface area contributed by atoms with Crippen molar-refractivity contribution in [1.29, 1.82) is 0 Å². The second-order valence-electron chi connectivity index (χ2n) is 5.75. The van der Waals surface area contributed by atoms with Crippen LogP contribution in [0.2, 0.25) is 5.15 Å². The maximum absolute atomic E-state index is 12.1. The standard InChI is InChI=1S/C15H22ClN3O/c1-11-4-3-7-19(9-11)10-12(2)18-15(20)13-5-6-14(16)17-8-13/h5-6,8,11-12H,3-4,7,9-10H2,1-2H3,(H,18,20)/t11-,12+/m1/s1. The van der Waals surface area contributed by atoms with Crippen LogP contribution >= 0.6 is 11.6 Å². The topological polar surface area (TPSA) is 45.2 Å². The van der Waals surface area contributed by atoms with E-state index in [0.29, 0.717) is 10.7 Å². The van der Waals surface area contributed by atoms with Crippen LogP contribution in [-0.2, 0) is 0 Å². The molecule has 0 unspecified atom stereocenters. The van der Waals surface area contributed by atoms with Crippen molar-refractivity contribution in [1.82, 2.24) is 15.2 Å². The second kappa shape index (κ2) is 7.04. The number of aromatic nitrogens is 1. The second-order valence-corrected chi connectivity index (χ2v) is 6.14. The minimum atomic E-state index is -0.0910. The van der Waals surface area contributed by atoms with Crippen molar-refractivity contribution in [3.8, 4) is 0 Å². The first-order chi connectivity index (χ1) is 9.54. The molecule has 0 spiro atoms. The van der Waals surface area contributed by atoms with Crippen LogP contribution in [0, 0.1) is 5.92 Å². The molecule has 1 aromatic rings. The SMILES string of the molecule is C[C@@H]1CCCN(C[C@H](C)NC(=O)c2ccc(Cl)nc2)C1. The Morgan fingerprint density at radius 2 is 2.40 bits per heavy atom. The molecule has 5 heteroatoms. The number of hydrogen-bond donors (Lipinski definition) is 1. The van der Waals surface area contributed by atoms with Gasteiger partial charge >= 0.3 is 0 Å². The van der Waals surface area contributed by atoms with E-state index >= 15 is 0 Å². The van der Waals surface area contributed by atoms with E-state index < -0.39 is 0 Å². The van der Waals surface area contributed by atoms with Crippen LogP contribution in [-0.4, -0.2) is 41.5 Å². The van der Waals surface area contributed by atoms with Gasteiger partial charge in [0.05, 0.1) is 5.56 Å². The van der Waals surface area contributed by atoms with Crippen LogP contribution in [0.1, 0.15) is 37.0 Å². The van der Waals surface area contributed by atoms with E-state index in [1.807, 2.05) is 6.92 Å². The number of rotatable bonds is 4. The predicted octanol–water partition coefficient (Wildman–Crippen LogP) is 2.59. The van der Waals surface area contributed by atoms with Gasteiger partial charge in [-0.05, 0) is 44.4 Å². The zero-order chi connectivity index (χ0) is 14.5. The molecule has 4 nitrogen and oxygen atoms in total. The van der Waals surface area contributed by atoms with Crippen LogP contribution in [0.25, 0.3) is 0 Å². The fourth-order valence-electron chi connectivity index (χ4n) is 2.70. The van der Waals surface area contributed by atoms with Crippen LogP contribution < -0.4 is 5.32 Å². The Balaban J connectivity index is 1.83. The summed E-state index contributed by atoms with van der Waals surface area (Å²) in [5.41, 5.74) is 0.549. The van der Waals surface area contributed by atoms with Crippen molar-refractivity contribution < 1.29 is 4.79 Å². The van der Waals surface area contributed by atoms with Gasteiger partial charge in [0.2, 0.25) is 0 Å². The third kappa shape index (κ3) is 4.46. The quantitative estimate of drug-likeness (QED) is 0.869. The monoisotopic (exact) mass is 295 g/mol. The first kappa shape index (κ1) is 15.3. The van der Waals surface area contributed by atoms with E-state index in [-0.39, 0.29) is 11.9 Å². The molecule has 2 rings (SSSR count). The fraction of sp³-hybridized carbons (Fsp3) is 0.600. The predicted molar refractivity (Wildman–Crippen MR) is 81.0 cm³/mol. The number of carbonyl (C=O) groups excluding carboxylic acids is 1. The number of hydrogen-bond acceptors (Lipinski definition) is 3. The summed E-state index contributed by atoms with van der Waals surface area (Å²) in [4.78, 5) is 18.4. The van der Waals surface area contributed by atoms with Crippen molar-refractivity contribution in [3.63, 3.8) is 0 Å². The summed E-state index contributed by atoms with van der Waals surface area (Å²) in [7, 11) is 0. The number of carbonyl (C=O) groups is 1. The van der Waals surface area contributed by atoms with Crippen LogP contribution in [0.5, 0.6) is 0 Å². The molecule has 110 valence electrons. The summed E-state index contributed by atoms with van der Waals surface area (Å²) >= 11 is 5.72. The third-order valence-electron chi connectivity index (χ3n) is 3.64. The van der Waals surface area contributed by atoms with Crippen LogP contribution in [0.15, 0.2) is 18.3 Å². The van der Waals surface area contributed by atoms with Gasteiger partial charge in [0.15, 0.2) is 0 Å². The molecule has 0 bridgehead atoms. The van der Waals surface area contributed by atoms with Gasteiger partial charge in [-0.1, -0.05) is 18.5 Å². The molecule has 1 saturated heterocycles. The molecule has 0 saturated carbocycles. The Morgan fingerprint density at radius 3 is 3.05 bits per heavy atom. The van der Waals surface area contributed by atoms with Gasteiger partial charge in [0.25, 0.3) is 5.91 Å².